The van der Waals surface area contributed by atoms with Crippen LogP contribution in [0.5, 0.6) is 0 Å². The van der Waals surface area contributed by atoms with Crippen LogP contribution in [0.1, 0.15) is 36.2 Å². The molecule has 1 aliphatic heterocycles. The third-order valence-electron chi connectivity index (χ3n) is 4.41. The molecule has 0 aromatic heterocycles. The van der Waals surface area contributed by atoms with Crippen molar-refractivity contribution in [2.75, 3.05) is 39.3 Å². The lowest BCUT2D eigenvalue weighted by Crippen LogP contribution is -2.35. The monoisotopic (exact) mass is 389 g/mol. The minimum atomic E-state index is -3.56. The van der Waals surface area contributed by atoms with Gasteiger partial charge >= 0.3 is 0 Å². The number of nitrogens with zero attached hydrogens (tertiary/aromatic N) is 2. The highest BCUT2D eigenvalue weighted by molar-refractivity contribution is 7.89. The van der Waals surface area contributed by atoms with Gasteiger partial charge in [-0.2, -0.15) is 4.31 Å². The molecule has 0 radical (unpaired) electrons. The van der Waals surface area contributed by atoms with E-state index < -0.39 is 10.0 Å². The van der Waals surface area contributed by atoms with E-state index in [1.807, 2.05) is 20.8 Å². The third kappa shape index (κ3) is 4.94. The van der Waals surface area contributed by atoms with E-state index in [1.165, 1.54) is 10.4 Å². The maximum atomic E-state index is 12.9. The number of carbonyl (C=O) groups is 1. The molecule has 2 rings (SSSR count). The van der Waals surface area contributed by atoms with Gasteiger partial charge in [-0.15, -0.1) is 12.4 Å². The smallest absolute Gasteiger partial charge is 0.254 e. The van der Waals surface area contributed by atoms with Crippen molar-refractivity contribution in [2.24, 2.45) is 0 Å². The quantitative estimate of drug-likeness (QED) is 0.834. The van der Waals surface area contributed by atoms with Gasteiger partial charge in [-0.1, -0.05) is 19.9 Å². The van der Waals surface area contributed by atoms with E-state index in [2.05, 4.69) is 5.32 Å². The van der Waals surface area contributed by atoms with Gasteiger partial charge in [-0.3, -0.25) is 4.79 Å². The summed E-state index contributed by atoms with van der Waals surface area (Å²) in [6, 6.07) is 4.84. The Balaban J connectivity index is 0.00000312. The van der Waals surface area contributed by atoms with Crippen molar-refractivity contribution < 1.29 is 13.2 Å². The zero-order valence-corrected chi connectivity index (χ0v) is 16.8. The van der Waals surface area contributed by atoms with Crippen LogP contribution in [0.2, 0.25) is 0 Å². The molecule has 0 unspecified atom stereocenters. The fourth-order valence-corrected chi connectivity index (χ4v) is 4.41. The Morgan fingerprint density at radius 2 is 1.88 bits per heavy atom. The van der Waals surface area contributed by atoms with E-state index in [0.717, 1.165) is 25.1 Å². The Labute approximate surface area is 157 Å². The molecule has 0 saturated carbocycles. The molecule has 8 heteroatoms. The van der Waals surface area contributed by atoms with Crippen LogP contribution in [0.25, 0.3) is 0 Å². The Morgan fingerprint density at radius 1 is 1.20 bits per heavy atom. The Bertz CT molecular complexity index is 682. The van der Waals surface area contributed by atoms with E-state index in [1.54, 1.807) is 17.0 Å². The second-order valence-electron chi connectivity index (χ2n) is 5.96. The minimum absolute atomic E-state index is 0. The lowest BCUT2D eigenvalue weighted by atomic mass is 10.1. The molecule has 6 nitrogen and oxygen atoms in total. The molecule has 0 atom stereocenters. The van der Waals surface area contributed by atoms with Crippen LogP contribution in [-0.4, -0.2) is 62.8 Å². The molecule has 0 aliphatic carbocycles. The second kappa shape index (κ2) is 9.52. The summed E-state index contributed by atoms with van der Waals surface area (Å²) in [5.41, 5.74) is 1.28. The number of carbonyl (C=O) groups excluding carboxylic acids is 1. The minimum Gasteiger partial charge on any atom is -0.337 e. The molecule has 1 amide bonds. The van der Waals surface area contributed by atoms with Gasteiger partial charge in [0, 0.05) is 38.3 Å². The van der Waals surface area contributed by atoms with E-state index in [-0.39, 0.29) is 23.2 Å². The maximum absolute atomic E-state index is 12.9. The number of nitrogens with one attached hydrogen (secondary N) is 1. The number of rotatable bonds is 5. The van der Waals surface area contributed by atoms with Crippen molar-refractivity contribution in [1.82, 2.24) is 14.5 Å². The van der Waals surface area contributed by atoms with Gasteiger partial charge in [-0.05, 0) is 37.6 Å². The van der Waals surface area contributed by atoms with Crippen LogP contribution in [0.3, 0.4) is 0 Å². The summed E-state index contributed by atoms with van der Waals surface area (Å²) < 4.78 is 26.8. The van der Waals surface area contributed by atoms with Crippen molar-refractivity contribution in [1.29, 1.82) is 0 Å². The third-order valence-corrected chi connectivity index (χ3v) is 6.46. The van der Waals surface area contributed by atoms with Gasteiger partial charge in [0.1, 0.15) is 0 Å². The fourth-order valence-electron chi connectivity index (χ4n) is 2.92. The van der Waals surface area contributed by atoms with Gasteiger partial charge < -0.3 is 10.2 Å². The molecule has 1 aromatic carbocycles. The average Bonchev–Trinajstić information content (AvgIpc) is 2.84. The highest BCUT2D eigenvalue weighted by Crippen LogP contribution is 2.21. The zero-order chi connectivity index (χ0) is 17.7. The summed E-state index contributed by atoms with van der Waals surface area (Å²) in [5.74, 6) is -0.0900. The first-order valence-corrected chi connectivity index (χ1v) is 9.96. The summed E-state index contributed by atoms with van der Waals surface area (Å²) in [6.07, 6.45) is 0.905. The lowest BCUT2D eigenvalue weighted by molar-refractivity contribution is 0.0765. The van der Waals surface area contributed by atoms with E-state index in [4.69, 9.17) is 0 Å². The van der Waals surface area contributed by atoms with Crippen LogP contribution in [0, 0.1) is 6.92 Å². The average molecular weight is 390 g/mol. The van der Waals surface area contributed by atoms with Crippen molar-refractivity contribution in [3.63, 3.8) is 0 Å². The molecule has 0 bridgehead atoms. The summed E-state index contributed by atoms with van der Waals surface area (Å²) in [4.78, 5) is 14.8. The number of sulfonamides is 1. The number of benzene rings is 1. The molecule has 25 heavy (non-hydrogen) atoms. The summed E-state index contributed by atoms with van der Waals surface area (Å²) in [5, 5.41) is 3.27. The highest BCUT2D eigenvalue weighted by atomic mass is 35.5. The van der Waals surface area contributed by atoms with Gasteiger partial charge in [0.25, 0.3) is 5.91 Å². The van der Waals surface area contributed by atoms with E-state index in [0.29, 0.717) is 31.7 Å². The van der Waals surface area contributed by atoms with Crippen molar-refractivity contribution in [3.05, 3.63) is 29.3 Å². The first kappa shape index (κ1) is 21.9. The first-order valence-electron chi connectivity index (χ1n) is 8.52. The number of hydrogen-bond acceptors (Lipinski definition) is 4. The fraction of sp³-hybridized carbons (Fsp3) is 0.588. The van der Waals surface area contributed by atoms with Crippen LogP contribution >= 0.6 is 12.4 Å². The first-order chi connectivity index (χ1) is 11.4. The predicted octanol–water partition coefficient (Wildman–Crippen LogP) is 1.88. The molecule has 1 aromatic rings. The second-order valence-corrected chi connectivity index (χ2v) is 7.90. The van der Waals surface area contributed by atoms with Crippen LogP contribution in [-0.2, 0) is 10.0 Å². The Kier molecular flexibility index (Phi) is 8.34. The molecule has 1 heterocycles. The molecule has 142 valence electrons. The number of halogens is 1. The van der Waals surface area contributed by atoms with Crippen LogP contribution in [0.15, 0.2) is 23.1 Å². The van der Waals surface area contributed by atoms with Crippen molar-refractivity contribution in [3.8, 4) is 0 Å². The van der Waals surface area contributed by atoms with E-state index >= 15 is 0 Å². The molecular formula is C17H28ClN3O3S. The largest absolute Gasteiger partial charge is 0.337 e. The van der Waals surface area contributed by atoms with Crippen LogP contribution in [0.4, 0.5) is 0 Å². The van der Waals surface area contributed by atoms with Crippen LogP contribution < -0.4 is 5.32 Å². The van der Waals surface area contributed by atoms with Gasteiger partial charge in [-0.25, -0.2) is 8.42 Å². The zero-order valence-electron chi connectivity index (χ0n) is 15.1. The number of aryl methyl sites for hydroxylation is 1. The molecule has 1 N–H and O–H groups in total. The number of hydrogen-bond donors (Lipinski definition) is 1. The SMILES string of the molecule is CCN(CC)S(=O)(=O)c1ccc(C)c(C(=O)N2CCCNCC2)c1.Cl. The predicted molar refractivity (Wildman–Crippen MR) is 102 cm³/mol. The van der Waals surface area contributed by atoms with Crippen molar-refractivity contribution >= 4 is 28.3 Å². The van der Waals surface area contributed by atoms with Gasteiger partial charge in [0.2, 0.25) is 10.0 Å². The standard InChI is InChI=1S/C17H27N3O3S.ClH/c1-4-20(5-2)24(22,23)15-8-7-14(3)16(13-15)17(21)19-11-6-9-18-10-12-19;/h7-8,13,18H,4-6,9-12H2,1-3H3;1H. The van der Waals surface area contributed by atoms with E-state index in [9.17, 15) is 13.2 Å². The Morgan fingerprint density at radius 3 is 2.52 bits per heavy atom. The summed E-state index contributed by atoms with van der Waals surface area (Å²) >= 11 is 0. The molecule has 1 aliphatic rings. The number of amides is 1. The maximum Gasteiger partial charge on any atom is 0.254 e. The molecular weight excluding hydrogens is 362 g/mol. The summed E-state index contributed by atoms with van der Waals surface area (Å²) in [6.45, 7) is 9.29. The molecule has 0 spiro atoms. The van der Waals surface area contributed by atoms with Gasteiger partial charge in [0.15, 0.2) is 0 Å². The highest BCUT2D eigenvalue weighted by Gasteiger charge is 2.25. The summed E-state index contributed by atoms with van der Waals surface area (Å²) in [7, 11) is -3.56. The van der Waals surface area contributed by atoms with Crippen molar-refractivity contribution in [2.45, 2.75) is 32.1 Å². The molecule has 1 saturated heterocycles. The topological polar surface area (TPSA) is 69.7 Å². The lowest BCUT2D eigenvalue weighted by Gasteiger charge is -2.22. The Hall–Kier alpha value is -1.15. The normalized spacial score (nSPS) is 15.6. The van der Waals surface area contributed by atoms with Gasteiger partial charge in [0.05, 0.1) is 4.90 Å². The molecule has 1 fully saturated rings.